The van der Waals surface area contributed by atoms with Gasteiger partial charge in [0.25, 0.3) is 0 Å². The first-order valence-corrected chi connectivity index (χ1v) is 13.9. The van der Waals surface area contributed by atoms with Crippen LogP contribution in [0.1, 0.15) is 48.4 Å². The summed E-state index contributed by atoms with van der Waals surface area (Å²) in [5, 5.41) is 14.0. The van der Waals surface area contributed by atoms with Crippen molar-refractivity contribution in [2.75, 3.05) is 29.1 Å². The highest BCUT2D eigenvalue weighted by molar-refractivity contribution is 7.99. The van der Waals surface area contributed by atoms with Gasteiger partial charge in [0.15, 0.2) is 10.8 Å². The monoisotopic (exact) mass is 492 g/mol. The van der Waals surface area contributed by atoms with Crippen molar-refractivity contribution in [3.8, 4) is 0 Å². The molecule has 0 radical (unpaired) electrons. The molecule has 0 unspecified atom stereocenters. The molecule has 1 N–H and O–H groups in total. The molecule has 1 fully saturated rings. The molecule has 1 aliphatic heterocycles. The number of benzene rings is 1. The minimum absolute atomic E-state index is 0.0363. The van der Waals surface area contributed by atoms with Crippen LogP contribution in [0, 0.1) is 6.92 Å². The number of amides is 1. The number of hydrogen-bond acceptors (Lipinski definition) is 7. The number of carbonyl (C=O) groups excluding carboxylic acids is 1. The molecule has 0 spiro atoms. The van der Waals surface area contributed by atoms with Gasteiger partial charge < -0.3 is 10.2 Å². The van der Waals surface area contributed by atoms with E-state index < -0.39 is 0 Å². The van der Waals surface area contributed by atoms with Crippen molar-refractivity contribution in [1.29, 1.82) is 0 Å². The van der Waals surface area contributed by atoms with E-state index in [0.29, 0.717) is 0 Å². The van der Waals surface area contributed by atoms with Crippen molar-refractivity contribution < 1.29 is 4.79 Å². The Morgan fingerprint density at radius 2 is 1.91 bits per heavy atom. The second-order valence-electron chi connectivity index (χ2n) is 9.09. The molecule has 34 heavy (non-hydrogen) atoms. The number of fused-ring (bicyclic) bond motifs is 5. The molecule has 6 rings (SSSR count). The van der Waals surface area contributed by atoms with Gasteiger partial charge in [-0.2, -0.15) is 0 Å². The van der Waals surface area contributed by atoms with Crippen molar-refractivity contribution in [2.24, 2.45) is 0 Å². The molecule has 4 aromatic rings. The Morgan fingerprint density at radius 1 is 1.09 bits per heavy atom. The second-order valence-corrected chi connectivity index (χ2v) is 11.1. The summed E-state index contributed by atoms with van der Waals surface area (Å²) in [5.41, 5.74) is 4.27. The van der Waals surface area contributed by atoms with E-state index in [9.17, 15) is 4.79 Å². The molecular weight excluding hydrogens is 464 g/mol. The number of hydrogen-bond donors (Lipinski definition) is 1. The fourth-order valence-corrected chi connectivity index (χ4v) is 7.26. The number of thioether (sulfide) groups is 1. The largest absolute Gasteiger partial charge is 0.370 e. The first kappa shape index (κ1) is 21.9. The Labute approximate surface area is 207 Å². The van der Waals surface area contributed by atoms with Crippen LogP contribution >= 0.6 is 23.1 Å². The number of nitrogens with zero attached hydrogens (tertiary/aromatic N) is 5. The Balaban J connectivity index is 1.22. The maximum absolute atomic E-state index is 12.9. The molecule has 0 bridgehead atoms. The average Bonchev–Trinajstić information content (AvgIpc) is 3.45. The molecule has 1 aliphatic carbocycles. The first-order valence-electron chi connectivity index (χ1n) is 12.1. The zero-order valence-corrected chi connectivity index (χ0v) is 21.0. The van der Waals surface area contributed by atoms with Crippen LogP contribution in [0.3, 0.4) is 0 Å². The highest BCUT2D eigenvalue weighted by atomic mass is 32.2. The summed E-state index contributed by atoms with van der Waals surface area (Å²) >= 11 is 3.22. The summed E-state index contributed by atoms with van der Waals surface area (Å²) in [6.45, 7) is 4.08. The smallest absolute Gasteiger partial charge is 0.234 e. The standard InChI is InChI=1S/C25H28N6OS2/c1-16-26-24-22(17-9-3-6-12-20(17)34-24)23-28-29-25(31(16)23)33-15-21(32)27-18-10-4-5-11-19(18)30-13-7-2-8-14-30/h4-5,10-11H,2-3,6-9,12-15H2,1H3,(H,27,32). The summed E-state index contributed by atoms with van der Waals surface area (Å²) in [7, 11) is 0. The van der Waals surface area contributed by atoms with Gasteiger partial charge in [0.05, 0.1) is 22.5 Å². The Bertz CT molecular complexity index is 1370. The molecule has 1 saturated heterocycles. The van der Waals surface area contributed by atoms with E-state index in [-0.39, 0.29) is 11.7 Å². The average molecular weight is 493 g/mol. The van der Waals surface area contributed by atoms with Gasteiger partial charge in [0.1, 0.15) is 10.7 Å². The van der Waals surface area contributed by atoms with Gasteiger partial charge in [-0.1, -0.05) is 23.9 Å². The Kier molecular flexibility index (Phi) is 5.90. The molecular formula is C25H28N6OS2. The third-order valence-electron chi connectivity index (χ3n) is 6.80. The number of thiophene rings is 1. The third kappa shape index (κ3) is 3.94. The quantitative estimate of drug-likeness (QED) is 0.384. The van der Waals surface area contributed by atoms with E-state index in [4.69, 9.17) is 4.98 Å². The number of carbonyl (C=O) groups is 1. The predicted octanol–water partition coefficient (Wildman–Crippen LogP) is 5.25. The van der Waals surface area contributed by atoms with Gasteiger partial charge in [0, 0.05) is 18.0 Å². The van der Waals surface area contributed by atoms with Gasteiger partial charge in [0.2, 0.25) is 5.91 Å². The van der Waals surface area contributed by atoms with Gasteiger partial charge in [-0.25, -0.2) is 4.98 Å². The first-order chi connectivity index (χ1) is 16.7. The van der Waals surface area contributed by atoms with Crippen LogP contribution in [0.5, 0.6) is 0 Å². The lowest BCUT2D eigenvalue weighted by Gasteiger charge is -2.30. The van der Waals surface area contributed by atoms with Crippen LogP contribution in [-0.4, -0.2) is 44.3 Å². The van der Waals surface area contributed by atoms with E-state index >= 15 is 0 Å². The van der Waals surface area contributed by atoms with Crippen LogP contribution in [-0.2, 0) is 17.6 Å². The van der Waals surface area contributed by atoms with Crippen molar-refractivity contribution >= 4 is 56.2 Å². The van der Waals surface area contributed by atoms with Crippen molar-refractivity contribution in [2.45, 2.75) is 57.0 Å². The number of para-hydroxylation sites is 2. The SMILES string of the molecule is Cc1nc2sc3c(c2c2nnc(SCC(=O)Nc4ccccc4N4CCCCC4)n12)CCCC3. The number of rotatable bonds is 5. The number of aromatic nitrogens is 4. The van der Waals surface area contributed by atoms with Crippen LogP contribution in [0.15, 0.2) is 29.4 Å². The Hall–Kier alpha value is -2.65. The fraction of sp³-hybridized carbons (Fsp3) is 0.440. The van der Waals surface area contributed by atoms with Gasteiger partial charge in [-0.15, -0.1) is 21.5 Å². The van der Waals surface area contributed by atoms with E-state index in [1.807, 2.05) is 29.5 Å². The molecule has 9 heteroatoms. The van der Waals surface area contributed by atoms with Crippen LogP contribution < -0.4 is 10.2 Å². The fourth-order valence-electron chi connectivity index (χ4n) is 5.18. The zero-order valence-electron chi connectivity index (χ0n) is 19.3. The maximum Gasteiger partial charge on any atom is 0.234 e. The van der Waals surface area contributed by atoms with Crippen molar-refractivity contribution in [3.05, 3.63) is 40.5 Å². The predicted molar refractivity (Wildman–Crippen MR) is 139 cm³/mol. The van der Waals surface area contributed by atoms with Crippen LogP contribution in [0.25, 0.3) is 15.9 Å². The highest BCUT2D eigenvalue weighted by Gasteiger charge is 2.23. The zero-order chi connectivity index (χ0) is 23.1. The number of anilines is 2. The lowest BCUT2D eigenvalue weighted by molar-refractivity contribution is -0.113. The number of nitrogens with one attached hydrogen (secondary N) is 1. The topological polar surface area (TPSA) is 75.4 Å². The van der Waals surface area contributed by atoms with E-state index in [1.165, 1.54) is 54.3 Å². The summed E-state index contributed by atoms with van der Waals surface area (Å²) in [6, 6.07) is 8.10. The minimum Gasteiger partial charge on any atom is -0.370 e. The summed E-state index contributed by atoms with van der Waals surface area (Å²) in [4.78, 5) is 22.7. The molecule has 1 amide bonds. The minimum atomic E-state index is -0.0363. The molecule has 3 aromatic heterocycles. The highest BCUT2D eigenvalue weighted by Crippen LogP contribution is 2.38. The van der Waals surface area contributed by atoms with E-state index in [0.717, 1.165) is 64.2 Å². The molecule has 0 saturated carbocycles. The molecule has 4 heterocycles. The summed E-state index contributed by atoms with van der Waals surface area (Å²) < 4.78 is 2.02. The molecule has 0 atom stereocenters. The van der Waals surface area contributed by atoms with Crippen LogP contribution in [0.2, 0.25) is 0 Å². The summed E-state index contributed by atoms with van der Waals surface area (Å²) in [6.07, 6.45) is 8.37. The van der Waals surface area contributed by atoms with Crippen molar-refractivity contribution in [3.63, 3.8) is 0 Å². The third-order valence-corrected chi connectivity index (χ3v) is 8.92. The Morgan fingerprint density at radius 3 is 2.79 bits per heavy atom. The normalized spacial score (nSPS) is 16.2. The van der Waals surface area contributed by atoms with Crippen LogP contribution in [0.4, 0.5) is 11.4 Å². The molecule has 7 nitrogen and oxygen atoms in total. The number of aryl methyl sites for hydroxylation is 3. The molecule has 2 aliphatic rings. The van der Waals surface area contributed by atoms with E-state index in [1.54, 1.807) is 11.3 Å². The van der Waals surface area contributed by atoms with Crippen molar-refractivity contribution in [1.82, 2.24) is 19.6 Å². The molecule has 176 valence electrons. The summed E-state index contributed by atoms with van der Waals surface area (Å²) in [5.74, 6) is 1.10. The second kappa shape index (κ2) is 9.19. The van der Waals surface area contributed by atoms with E-state index in [2.05, 4.69) is 26.5 Å². The maximum atomic E-state index is 12.9. The van der Waals surface area contributed by atoms with Gasteiger partial charge in [-0.05, 0) is 69.6 Å². The van der Waals surface area contributed by atoms with Gasteiger partial charge in [-0.3, -0.25) is 9.20 Å². The number of piperidine rings is 1. The lowest BCUT2D eigenvalue weighted by atomic mass is 9.97. The molecule has 1 aromatic carbocycles. The lowest BCUT2D eigenvalue weighted by Crippen LogP contribution is -2.30. The van der Waals surface area contributed by atoms with Gasteiger partial charge >= 0.3 is 0 Å².